The van der Waals surface area contributed by atoms with Gasteiger partial charge in [0.05, 0.1) is 9.82 Å². The Hall–Kier alpha value is -2.20. The van der Waals surface area contributed by atoms with E-state index in [0.717, 1.165) is 6.07 Å². The standard InChI is InChI=1S/C16H23N3O6S/c1-16(2,3)25-15(20)17-12-7-9-18(10-8-12)26(23,24)14-6-4-5-13(11-14)19(21)22/h4-6,11-12H,7-10H2,1-3H3,(H,17,20). The second-order valence-corrected chi connectivity index (χ2v) is 9.02. The van der Waals surface area contributed by atoms with Crippen molar-refractivity contribution >= 4 is 21.8 Å². The van der Waals surface area contributed by atoms with Gasteiger partial charge in [-0.2, -0.15) is 4.31 Å². The lowest BCUT2D eigenvalue weighted by Gasteiger charge is -2.32. The van der Waals surface area contributed by atoms with Gasteiger partial charge in [-0.25, -0.2) is 13.2 Å². The molecule has 1 amide bonds. The SMILES string of the molecule is CC(C)(C)OC(=O)NC1CCN(S(=O)(=O)c2cccc([N+](=O)[O-])c2)CC1. The Morgan fingerprint density at radius 3 is 2.46 bits per heavy atom. The van der Waals surface area contributed by atoms with Crippen LogP contribution in [0, 0.1) is 10.1 Å². The van der Waals surface area contributed by atoms with E-state index in [-0.39, 0.29) is 29.7 Å². The van der Waals surface area contributed by atoms with Gasteiger partial charge >= 0.3 is 6.09 Å². The molecule has 1 aromatic rings. The summed E-state index contributed by atoms with van der Waals surface area (Å²) in [6, 6.07) is 4.81. The summed E-state index contributed by atoms with van der Waals surface area (Å²) >= 11 is 0. The molecule has 0 bridgehead atoms. The van der Waals surface area contributed by atoms with E-state index in [1.807, 2.05) is 0 Å². The zero-order chi connectivity index (χ0) is 19.5. The van der Waals surface area contributed by atoms with Crippen LogP contribution in [0.1, 0.15) is 33.6 Å². The fourth-order valence-electron chi connectivity index (χ4n) is 2.62. The van der Waals surface area contributed by atoms with Crippen LogP contribution in [-0.2, 0) is 14.8 Å². The molecule has 1 fully saturated rings. The molecule has 0 saturated carbocycles. The van der Waals surface area contributed by atoms with Gasteiger partial charge in [-0.05, 0) is 39.7 Å². The minimum absolute atomic E-state index is 0.106. The predicted octanol–water partition coefficient (Wildman–Crippen LogP) is 2.27. The highest BCUT2D eigenvalue weighted by Crippen LogP contribution is 2.24. The van der Waals surface area contributed by atoms with Crippen LogP contribution in [0.3, 0.4) is 0 Å². The number of piperidine rings is 1. The van der Waals surface area contributed by atoms with Gasteiger partial charge in [0.25, 0.3) is 5.69 Å². The van der Waals surface area contributed by atoms with E-state index in [1.54, 1.807) is 20.8 Å². The molecule has 0 spiro atoms. The highest BCUT2D eigenvalue weighted by Gasteiger charge is 2.31. The van der Waals surface area contributed by atoms with Crippen LogP contribution < -0.4 is 5.32 Å². The average molecular weight is 385 g/mol. The lowest BCUT2D eigenvalue weighted by Crippen LogP contribution is -2.47. The number of alkyl carbamates (subject to hydrolysis) is 1. The highest BCUT2D eigenvalue weighted by atomic mass is 32.2. The molecular weight excluding hydrogens is 362 g/mol. The number of nitro benzene ring substituents is 1. The quantitative estimate of drug-likeness (QED) is 0.627. The molecule has 0 atom stereocenters. The first-order valence-corrected chi connectivity index (χ1v) is 9.67. The third kappa shape index (κ3) is 5.15. The summed E-state index contributed by atoms with van der Waals surface area (Å²) in [5, 5.41) is 13.6. The molecule has 26 heavy (non-hydrogen) atoms. The number of nitrogens with zero attached hydrogens (tertiary/aromatic N) is 2. The van der Waals surface area contributed by atoms with Crippen LogP contribution >= 0.6 is 0 Å². The Balaban J connectivity index is 1.99. The van der Waals surface area contributed by atoms with Crippen molar-refractivity contribution in [2.45, 2.75) is 50.2 Å². The Morgan fingerprint density at radius 2 is 1.92 bits per heavy atom. The maximum Gasteiger partial charge on any atom is 0.407 e. The van der Waals surface area contributed by atoms with Crippen LogP contribution in [0.4, 0.5) is 10.5 Å². The van der Waals surface area contributed by atoms with Gasteiger partial charge in [-0.1, -0.05) is 6.07 Å². The summed E-state index contributed by atoms with van der Waals surface area (Å²) in [7, 11) is -3.81. The number of ether oxygens (including phenoxy) is 1. The van der Waals surface area contributed by atoms with Gasteiger partial charge in [0.2, 0.25) is 10.0 Å². The first kappa shape index (κ1) is 20.1. The Kier molecular flexibility index (Phi) is 5.87. The first-order valence-electron chi connectivity index (χ1n) is 8.23. The second kappa shape index (κ2) is 7.58. The summed E-state index contributed by atoms with van der Waals surface area (Å²) in [4.78, 5) is 21.9. The van der Waals surface area contributed by atoms with Crippen LogP contribution in [0.25, 0.3) is 0 Å². The van der Waals surface area contributed by atoms with Crippen molar-refractivity contribution in [3.05, 3.63) is 34.4 Å². The summed E-state index contributed by atoms with van der Waals surface area (Å²) < 4.78 is 31.8. The van der Waals surface area contributed by atoms with Gasteiger partial charge in [0.15, 0.2) is 0 Å². The van der Waals surface area contributed by atoms with Gasteiger partial charge in [0, 0.05) is 31.3 Å². The van der Waals surface area contributed by atoms with E-state index in [1.165, 1.54) is 22.5 Å². The monoisotopic (exact) mass is 385 g/mol. The maximum atomic E-state index is 12.7. The Morgan fingerprint density at radius 1 is 1.31 bits per heavy atom. The number of carbonyl (C=O) groups excluding carboxylic acids is 1. The molecule has 1 N–H and O–H groups in total. The number of rotatable bonds is 4. The Labute approximate surface area is 152 Å². The molecule has 1 saturated heterocycles. The number of hydrogen-bond donors (Lipinski definition) is 1. The third-order valence-electron chi connectivity index (χ3n) is 3.84. The molecule has 1 aliphatic rings. The minimum atomic E-state index is -3.81. The molecule has 0 radical (unpaired) electrons. The predicted molar refractivity (Wildman–Crippen MR) is 94.2 cm³/mol. The molecule has 1 aromatic carbocycles. The van der Waals surface area contributed by atoms with E-state index in [0.29, 0.717) is 12.8 Å². The first-order chi connectivity index (χ1) is 12.0. The number of hydrogen-bond acceptors (Lipinski definition) is 6. The number of sulfonamides is 1. The average Bonchev–Trinajstić information content (AvgIpc) is 2.53. The van der Waals surface area contributed by atoms with Gasteiger partial charge in [-0.15, -0.1) is 0 Å². The minimum Gasteiger partial charge on any atom is -0.444 e. The largest absolute Gasteiger partial charge is 0.444 e. The van der Waals surface area contributed by atoms with Crippen molar-refractivity contribution in [3.63, 3.8) is 0 Å². The van der Waals surface area contributed by atoms with Crippen molar-refractivity contribution in [3.8, 4) is 0 Å². The molecule has 1 heterocycles. The zero-order valence-electron chi connectivity index (χ0n) is 15.0. The summed E-state index contributed by atoms with van der Waals surface area (Å²) in [6.45, 7) is 5.72. The van der Waals surface area contributed by atoms with Crippen LogP contribution in [0.15, 0.2) is 29.2 Å². The third-order valence-corrected chi connectivity index (χ3v) is 5.74. The number of carbonyl (C=O) groups is 1. The molecule has 9 nitrogen and oxygen atoms in total. The van der Waals surface area contributed by atoms with Crippen molar-refractivity contribution in [1.29, 1.82) is 0 Å². The number of amides is 1. The van der Waals surface area contributed by atoms with Crippen LogP contribution in [0.5, 0.6) is 0 Å². The van der Waals surface area contributed by atoms with E-state index in [4.69, 9.17) is 4.74 Å². The smallest absolute Gasteiger partial charge is 0.407 e. The highest BCUT2D eigenvalue weighted by molar-refractivity contribution is 7.89. The number of non-ortho nitro benzene ring substituents is 1. The number of benzene rings is 1. The van der Waals surface area contributed by atoms with E-state index < -0.39 is 26.6 Å². The number of nitro groups is 1. The second-order valence-electron chi connectivity index (χ2n) is 7.08. The van der Waals surface area contributed by atoms with Crippen molar-refractivity contribution < 1.29 is 22.9 Å². The normalized spacial score (nSPS) is 16.9. The summed E-state index contributed by atoms with van der Waals surface area (Å²) in [5.74, 6) is 0. The fourth-order valence-corrected chi connectivity index (χ4v) is 4.13. The Bertz CT molecular complexity index is 779. The lowest BCUT2D eigenvalue weighted by atomic mass is 10.1. The molecular formula is C16H23N3O6S. The van der Waals surface area contributed by atoms with E-state index >= 15 is 0 Å². The van der Waals surface area contributed by atoms with Crippen molar-refractivity contribution in [2.75, 3.05) is 13.1 Å². The molecule has 0 aliphatic carbocycles. The van der Waals surface area contributed by atoms with Gasteiger partial charge in [0.1, 0.15) is 5.60 Å². The van der Waals surface area contributed by atoms with Gasteiger partial charge in [-0.3, -0.25) is 10.1 Å². The van der Waals surface area contributed by atoms with Crippen LogP contribution in [-0.4, -0.2) is 48.5 Å². The zero-order valence-corrected chi connectivity index (χ0v) is 15.8. The molecule has 2 rings (SSSR count). The van der Waals surface area contributed by atoms with Crippen molar-refractivity contribution in [2.24, 2.45) is 0 Å². The maximum absolute atomic E-state index is 12.7. The van der Waals surface area contributed by atoms with E-state index in [9.17, 15) is 23.3 Å². The summed E-state index contributed by atoms with van der Waals surface area (Å²) in [5.41, 5.74) is -0.872. The molecule has 144 valence electrons. The molecule has 1 aliphatic heterocycles. The summed E-state index contributed by atoms with van der Waals surface area (Å²) in [6.07, 6.45) is 0.346. The van der Waals surface area contributed by atoms with Crippen LogP contribution in [0.2, 0.25) is 0 Å². The van der Waals surface area contributed by atoms with Crippen molar-refractivity contribution in [1.82, 2.24) is 9.62 Å². The lowest BCUT2D eigenvalue weighted by molar-refractivity contribution is -0.385. The number of nitrogens with one attached hydrogen (secondary N) is 1. The molecule has 10 heteroatoms. The topological polar surface area (TPSA) is 119 Å². The van der Waals surface area contributed by atoms with Gasteiger partial charge < -0.3 is 10.1 Å². The molecule has 0 unspecified atom stereocenters. The molecule has 0 aromatic heterocycles. The fraction of sp³-hybridized carbons (Fsp3) is 0.562. The van der Waals surface area contributed by atoms with E-state index in [2.05, 4.69) is 5.32 Å².